The molecule has 0 bridgehead atoms. The van der Waals surface area contributed by atoms with Gasteiger partial charge in [0, 0.05) is 19.3 Å². The van der Waals surface area contributed by atoms with E-state index in [0.717, 1.165) is 42.0 Å². The highest BCUT2D eigenvalue weighted by Gasteiger charge is 2.31. The Kier molecular flexibility index (Phi) is 3.67. The first kappa shape index (κ1) is 13.5. The van der Waals surface area contributed by atoms with Crippen LogP contribution in [0.1, 0.15) is 20.3 Å². The number of hydrogen-bond donors (Lipinski definition) is 0. The molecule has 2 aromatic rings. The summed E-state index contributed by atoms with van der Waals surface area (Å²) < 4.78 is 5.86. The van der Waals surface area contributed by atoms with Crippen LogP contribution in [0.15, 0.2) is 24.4 Å². The van der Waals surface area contributed by atoms with Crippen molar-refractivity contribution in [2.45, 2.75) is 25.9 Å². The van der Waals surface area contributed by atoms with Gasteiger partial charge in [0.2, 0.25) is 5.13 Å². The maximum atomic E-state index is 5.86. The Morgan fingerprint density at radius 1 is 1.40 bits per heavy atom. The van der Waals surface area contributed by atoms with Gasteiger partial charge in [0.05, 0.1) is 12.2 Å². The molecule has 0 saturated carbocycles. The minimum atomic E-state index is -0.0882. The number of nitrogens with zero attached hydrogens (tertiary/aromatic N) is 4. The zero-order chi connectivity index (χ0) is 14.0. The first-order valence-corrected chi connectivity index (χ1v) is 7.66. The first-order chi connectivity index (χ1) is 9.70. The van der Waals surface area contributed by atoms with Crippen molar-refractivity contribution < 1.29 is 4.74 Å². The van der Waals surface area contributed by atoms with E-state index in [2.05, 4.69) is 33.9 Å². The summed E-state index contributed by atoms with van der Waals surface area (Å²) in [7, 11) is 0. The molecule has 0 N–H and O–H groups in total. The highest BCUT2D eigenvalue weighted by molar-refractivity contribution is 7.18. The third kappa shape index (κ3) is 2.66. The van der Waals surface area contributed by atoms with Crippen molar-refractivity contribution in [2.24, 2.45) is 0 Å². The van der Waals surface area contributed by atoms with E-state index in [9.17, 15) is 0 Å². The lowest BCUT2D eigenvalue weighted by Gasteiger charge is -2.39. The average molecular weight is 290 g/mol. The predicted molar refractivity (Wildman–Crippen MR) is 80.0 cm³/mol. The summed E-state index contributed by atoms with van der Waals surface area (Å²) in [6, 6.07) is 5.83. The van der Waals surface area contributed by atoms with E-state index >= 15 is 0 Å². The second-order valence-corrected chi connectivity index (χ2v) is 6.13. The number of morpholine rings is 1. The van der Waals surface area contributed by atoms with Crippen LogP contribution in [0.5, 0.6) is 0 Å². The first-order valence-electron chi connectivity index (χ1n) is 6.84. The quantitative estimate of drug-likeness (QED) is 0.869. The van der Waals surface area contributed by atoms with Gasteiger partial charge in [-0.25, -0.2) is 0 Å². The van der Waals surface area contributed by atoms with Crippen molar-refractivity contribution in [3.63, 3.8) is 0 Å². The van der Waals surface area contributed by atoms with E-state index in [0.29, 0.717) is 0 Å². The van der Waals surface area contributed by atoms with Crippen LogP contribution in [-0.2, 0) is 4.74 Å². The van der Waals surface area contributed by atoms with E-state index in [1.165, 1.54) is 0 Å². The SMILES string of the molecule is CCC1(C)CN(c2nnc(-c3ccccn3)s2)CCO1. The van der Waals surface area contributed by atoms with Crippen LogP contribution in [0.2, 0.25) is 0 Å². The summed E-state index contributed by atoms with van der Waals surface area (Å²) in [4.78, 5) is 6.58. The van der Waals surface area contributed by atoms with Gasteiger partial charge in [0.15, 0.2) is 5.01 Å². The van der Waals surface area contributed by atoms with Crippen LogP contribution in [0.4, 0.5) is 5.13 Å². The molecule has 1 aliphatic heterocycles. The molecule has 1 unspecified atom stereocenters. The number of rotatable bonds is 3. The molecule has 0 spiro atoms. The van der Waals surface area contributed by atoms with Crippen molar-refractivity contribution in [3.8, 4) is 10.7 Å². The van der Waals surface area contributed by atoms with Gasteiger partial charge in [-0.05, 0) is 25.5 Å². The fourth-order valence-electron chi connectivity index (χ4n) is 2.24. The fourth-order valence-corrected chi connectivity index (χ4v) is 3.09. The number of pyridine rings is 1. The number of aromatic nitrogens is 3. The summed E-state index contributed by atoms with van der Waals surface area (Å²) in [6.45, 7) is 6.78. The lowest BCUT2D eigenvalue weighted by Crippen LogP contribution is -2.49. The monoisotopic (exact) mass is 290 g/mol. The highest BCUT2D eigenvalue weighted by atomic mass is 32.1. The topological polar surface area (TPSA) is 51.1 Å². The van der Waals surface area contributed by atoms with Crippen LogP contribution in [0.3, 0.4) is 0 Å². The Labute approximate surface area is 122 Å². The molecule has 5 nitrogen and oxygen atoms in total. The Hall–Kier alpha value is -1.53. The second-order valence-electron chi connectivity index (χ2n) is 5.18. The second kappa shape index (κ2) is 5.46. The molecule has 106 valence electrons. The Morgan fingerprint density at radius 3 is 3.05 bits per heavy atom. The Balaban J connectivity index is 1.80. The molecular weight excluding hydrogens is 272 g/mol. The normalized spacial score (nSPS) is 23.0. The van der Waals surface area contributed by atoms with Gasteiger partial charge < -0.3 is 9.64 Å². The van der Waals surface area contributed by atoms with Crippen LogP contribution in [-0.4, -0.2) is 40.5 Å². The molecule has 1 fully saturated rings. The van der Waals surface area contributed by atoms with Gasteiger partial charge in [-0.2, -0.15) is 0 Å². The molecule has 3 heterocycles. The predicted octanol–water partition coefficient (Wildman–Crippen LogP) is 2.61. The van der Waals surface area contributed by atoms with E-state index in [4.69, 9.17) is 4.74 Å². The Bertz CT molecular complexity index is 574. The van der Waals surface area contributed by atoms with Crippen LogP contribution in [0, 0.1) is 0 Å². The molecule has 0 aliphatic carbocycles. The summed E-state index contributed by atoms with van der Waals surface area (Å²) in [5, 5.41) is 10.4. The molecule has 1 atom stereocenters. The largest absolute Gasteiger partial charge is 0.372 e. The van der Waals surface area contributed by atoms with Crippen molar-refractivity contribution in [2.75, 3.05) is 24.6 Å². The van der Waals surface area contributed by atoms with Crippen molar-refractivity contribution >= 4 is 16.5 Å². The molecule has 0 amide bonds. The smallest absolute Gasteiger partial charge is 0.208 e. The minimum Gasteiger partial charge on any atom is -0.372 e. The third-order valence-electron chi connectivity index (χ3n) is 3.65. The molecule has 6 heteroatoms. The van der Waals surface area contributed by atoms with Gasteiger partial charge >= 0.3 is 0 Å². The Morgan fingerprint density at radius 2 is 2.30 bits per heavy atom. The zero-order valence-electron chi connectivity index (χ0n) is 11.7. The zero-order valence-corrected chi connectivity index (χ0v) is 12.6. The maximum absolute atomic E-state index is 5.86. The van der Waals surface area contributed by atoms with Gasteiger partial charge in [-0.15, -0.1) is 10.2 Å². The molecular formula is C14H18N4OS. The summed E-state index contributed by atoms with van der Waals surface area (Å²) in [6.07, 6.45) is 2.77. The summed E-state index contributed by atoms with van der Waals surface area (Å²) >= 11 is 1.59. The van der Waals surface area contributed by atoms with Crippen molar-refractivity contribution in [1.82, 2.24) is 15.2 Å². The van der Waals surface area contributed by atoms with E-state index in [1.54, 1.807) is 17.5 Å². The molecule has 1 saturated heterocycles. The average Bonchev–Trinajstić information content (AvgIpc) is 2.98. The van der Waals surface area contributed by atoms with E-state index in [1.807, 2.05) is 18.2 Å². The highest BCUT2D eigenvalue weighted by Crippen LogP contribution is 2.31. The number of anilines is 1. The van der Waals surface area contributed by atoms with E-state index < -0.39 is 0 Å². The van der Waals surface area contributed by atoms with Crippen molar-refractivity contribution in [1.29, 1.82) is 0 Å². The van der Waals surface area contributed by atoms with Gasteiger partial charge in [0.1, 0.15) is 5.69 Å². The van der Waals surface area contributed by atoms with Crippen LogP contribution >= 0.6 is 11.3 Å². The lowest BCUT2D eigenvalue weighted by molar-refractivity contribution is -0.0441. The third-order valence-corrected chi connectivity index (χ3v) is 4.66. The number of ether oxygens (including phenoxy) is 1. The molecule has 2 aromatic heterocycles. The molecule has 0 radical (unpaired) electrons. The maximum Gasteiger partial charge on any atom is 0.208 e. The summed E-state index contributed by atoms with van der Waals surface area (Å²) in [5.74, 6) is 0. The number of hydrogen-bond acceptors (Lipinski definition) is 6. The van der Waals surface area contributed by atoms with Crippen LogP contribution < -0.4 is 4.90 Å². The molecule has 3 rings (SSSR count). The van der Waals surface area contributed by atoms with Crippen LogP contribution in [0.25, 0.3) is 10.7 Å². The van der Waals surface area contributed by atoms with Gasteiger partial charge in [-0.3, -0.25) is 4.98 Å². The fraction of sp³-hybridized carbons (Fsp3) is 0.500. The molecule has 1 aliphatic rings. The van der Waals surface area contributed by atoms with Gasteiger partial charge in [-0.1, -0.05) is 24.3 Å². The molecule has 0 aromatic carbocycles. The lowest BCUT2D eigenvalue weighted by atomic mass is 10.0. The standard InChI is InChI=1S/C14H18N4OS/c1-3-14(2)10-18(8-9-19-14)13-17-16-12(20-13)11-6-4-5-7-15-11/h4-7H,3,8-10H2,1-2H3. The molecule has 20 heavy (non-hydrogen) atoms. The van der Waals surface area contributed by atoms with E-state index in [-0.39, 0.29) is 5.60 Å². The summed E-state index contributed by atoms with van der Waals surface area (Å²) in [5.41, 5.74) is 0.789. The van der Waals surface area contributed by atoms with Gasteiger partial charge in [0.25, 0.3) is 0 Å². The minimum absolute atomic E-state index is 0.0882. The van der Waals surface area contributed by atoms with Crippen molar-refractivity contribution in [3.05, 3.63) is 24.4 Å².